The Kier molecular flexibility index (Phi) is 5.67. The van der Waals surface area contributed by atoms with Crippen LogP contribution in [0.2, 0.25) is 0 Å². The van der Waals surface area contributed by atoms with Crippen LogP contribution in [-0.4, -0.2) is 57.0 Å². The third kappa shape index (κ3) is 3.86. The number of fused-ring (bicyclic) bond motifs is 1. The average Bonchev–Trinajstić information content (AvgIpc) is 3.26. The zero-order chi connectivity index (χ0) is 21.1. The summed E-state index contributed by atoms with van der Waals surface area (Å²) < 4.78 is 10.5. The van der Waals surface area contributed by atoms with Crippen LogP contribution in [0, 0.1) is 0 Å². The molecule has 0 spiro atoms. The van der Waals surface area contributed by atoms with Crippen molar-refractivity contribution in [2.45, 2.75) is 31.7 Å². The molecule has 8 heteroatoms. The first-order valence-corrected chi connectivity index (χ1v) is 9.80. The molecule has 1 unspecified atom stereocenters. The Morgan fingerprint density at radius 2 is 1.90 bits per heavy atom. The molecular weight excluding hydrogens is 388 g/mol. The van der Waals surface area contributed by atoms with E-state index < -0.39 is 18.4 Å². The van der Waals surface area contributed by atoms with Gasteiger partial charge in [-0.05, 0) is 24.5 Å². The predicted octanol–water partition coefficient (Wildman–Crippen LogP) is 2.41. The Morgan fingerprint density at radius 3 is 2.67 bits per heavy atom. The van der Waals surface area contributed by atoms with Crippen molar-refractivity contribution in [3.63, 3.8) is 0 Å². The zero-order valence-corrected chi connectivity index (χ0v) is 16.3. The number of amides is 2. The van der Waals surface area contributed by atoms with Crippen molar-refractivity contribution in [1.82, 2.24) is 9.80 Å². The van der Waals surface area contributed by atoms with Gasteiger partial charge in [0.05, 0.1) is 0 Å². The van der Waals surface area contributed by atoms with Crippen molar-refractivity contribution in [2.24, 2.45) is 0 Å². The highest BCUT2D eigenvalue weighted by Gasteiger charge is 2.45. The second-order valence-corrected chi connectivity index (χ2v) is 7.24. The molecule has 2 aromatic rings. The van der Waals surface area contributed by atoms with E-state index in [1.54, 1.807) is 24.3 Å². The number of esters is 1. The lowest BCUT2D eigenvalue weighted by molar-refractivity contribution is 0.0162. The number of aliphatic hydroxyl groups is 1. The van der Waals surface area contributed by atoms with Gasteiger partial charge in [-0.1, -0.05) is 48.5 Å². The van der Waals surface area contributed by atoms with Crippen LogP contribution in [0.1, 0.15) is 40.6 Å². The number of cyclic esters (lactones) is 1. The Labute approximate surface area is 173 Å². The van der Waals surface area contributed by atoms with E-state index in [0.29, 0.717) is 24.0 Å². The number of aliphatic hydroxyl groups excluding tert-OH is 1. The molecule has 0 bridgehead atoms. The van der Waals surface area contributed by atoms with Crippen molar-refractivity contribution in [3.05, 3.63) is 71.3 Å². The van der Waals surface area contributed by atoms with Crippen LogP contribution in [0.25, 0.3) is 0 Å². The van der Waals surface area contributed by atoms with Gasteiger partial charge in [0.2, 0.25) is 0 Å². The first kappa shape index (κ1) is 19.9. The number of hydrogen-bond donors (Lipinski definition) is 1. The molecule has 1 fully saturated rings. The summed E-state index contributed by atoms with van der Waals surface area (Å²) in [5.74, 6) is -0.476. The van der Waals surface area contributed by atoms with Crippen molar-refractivity contribution < 1.29 is 29.0 Å². The van der Waals surface area contributed by atoms with Crippen LogP contribution in [0.4, 0.5) is 4.79 Å². The SMILES string of the molecule is O=C1c2ccccc2C(O)N1CCC[C@H]1C(=[OH+])OCN1C(=O)OCc1ccccc1. The first-order chi connectivity index (χ1) is 14.6. The maximum absolute atomic E-state index is 12.5. The fourth-order valence-electron chi connectivity index (χ4n) is 3.75. The molecule has 30 heavy (non-hydrogen) atoms. The molecular formula is C22H23N2O6+. The summed E-state index contributed by atoms with van der Waals surface area (Å²) in [6.07, 6.45) is -0.758. The third-order valence-corrected chi connectivity index (χ3v) is 5.35. The molecule has 2 atom stereocenters. The minimum atomic E-state index is -0.988. The predicted molar refractivity (Wildman–Crippen MR) is 107 cm³/mol. The average molecular weight is 411 g/mol. The van der Waals surface area contributed by atoms with E-state index in [1.165, 1.54) is 9.80 Å². The number of benzene rings is 2. The molecule has 2 N–H and O–H groups in total. The molecule has 1 saturated heterocycles. The van der Waals surface area contributed by atoms with Crippen LogP contribution in [0.15, 0.2) is 54.6 Å². The third-order valence-electron chi connectivity index (χ3n) is 5.35. The van der Waals surface area contributed by atoms with E-state index in [4.69, 9.17) is 9.47 Å². The second kappa shape index (κ2) is 8.54. The summed E-state index contributed by atoms with van der Waals surface area (Å²) in [7, 11) is 0. The number of hydrogen-bond acceptors (Lipinski definition) is 5. The van der Waals surface area contributed by atoms with Gasteiger partial charge in [-0.25, -0.2) is 9.69 Å². The fraction of sp³-hybridized carbons (Fsp3) is 0.318. The highest BCUT2D eigenvalue weighted by Crippen LogP contribution is 2.31. The quantitative estimate of drug-likeness (QED) is 0.581. The standard InChI is InChI=1S/C22H22N2O6/c25-19-16-9-4-5-10-17(16)20(26)23(19)12-6-11-18-21(27)30-14-24(18)22(28)29-13-15-7-2-1-3-8-15/h1-5,7-10,18-19,25H,6,11-14H2/p+1/t18-,19?/m0/s1. The van der Waals surface area contributed by atoms with Crippen molar-refractivity contribution in [1.29, 1.82) is 0 Å². The van der Waals surface area contributed by atoms with Gasteiger partial charge in [-0.2, -0.15) is 0 Å². The number of rotatable bonds is 6. The molecule has 2 amide bonds. The minimum Gasteiger partial charge on any atom is -0.444 e. The molecule has 2 heterocycles. The van der Waals surface area contributed by atoms with Crippen molar-refractivity contribution in [3.8, 4) is 0 Å². The zero-order valence-electron chi connectivity index (χ0n) is 16.3. The molecule has 0 saturated carbocycles. The molecule has 0 aliphatic carbocycles. The van der Waals surface area contributed by atoms with E-state index >= 15 is 0 Å². The molecule has 2 aliphatic heterocycles. The van der Waals surface area contributed by atoms with Gasteiger partial charge in [0.15, 0.2) is 12.3 Å². The van der Waals surface area contributed by atoms with Crippen LogP contribution in [0.3, 0.4) is 0 Å². The van der Waals surface area contributed by atoms with Crippen molar-refractivity contribution >= 4 is 18.0 Å². The topological polar surface area (TPSA) is 101 Å². The van der Waals surface area contributed by atoms with Gasteiger partial charge < -0.3 is 19.5 Å². The number of nitrogens with zero attached hydrogens (tertiary/aromatic N) is 2. The second-order valence-electron chi connectivity index (χ2n) is 7.24. The maximum atomic E-state index is 12.5. The highest BCUT2D eigenvalue weighted by molar-refractivity contribution is 5.98. The van der Waals surface area contributed by atoms with Crippen LogP contribution < -0.4 is 0 Å². The molecule has 8 nitrogen and oxygen atoms in total. The number of carbonyl (C=O) groups excluding carboxylic acids is 3. The normalized spacial score (nSPS) is 20.3. The Balaban J connectivity index is 1.31. The molecule has 2 aliphatic rings. The van der Waals surface area contributed by atoms with E-state index in [9.17, 15) is 19.5 Å². The van der Waals surface area contributed by atoms with E-state index in [2.05, 4.69) is 0 Å². The lowest BCUT2D eigenvalue weighted by atomic mass is 10.1. The van der Waals surface area contributed by atoms with E-state index in [0.717, 1.165) is 5.56 Å². The molecule has 2 aromatic carbocycles. The Morgan fingerprint density at radius 1 is 1.17 bits per heavy atom. The number of carbonyl (C=O) groups is 2. The molecule has 0 radical (unpaired) electrons. The smallest absolute Gasteiger partial charge is 0.444 e. The van der Waals surface area contributed by atoms with Crippen LogP contribution in [-0.2, 0) is 16.1 Å². The fourth-order valence-corrected chi connectivity index (χ4v) is 3.75. The lowest BCUT2D eigenvalue weighted by Gasteiger charge is -2.22. The largest absolute Gasteiger partial charge is 0.508 e. The van der Waals surface area contributed by atoms with Crippen molar-refractivity contribution in [2.75, 3.05) is 13.3 Å². The highest BCUT2D eigenvalue weighted by atomic mass is 16.6. The number of ether oxygens (including phenoxy) is 2. The van der Waals surface area contributed by atoms with Crippen LogP contribution in [0.5, 0.6) is 0 Å². The van der Waals surface area contributed by atoms with Gasteiger partial charge in [0.1, 0.15) is 6.61 Å². The molecule has 156 valence electrons. The van der Waals surface area contributed by atoms with E-state index in [-0.39, 0.29) is 31.8 Å². The summed E-state index contributed by atoms with van der Waals surface area (Å²) >= 11 is 0. The first-order valence-electron chi connectivity index (χ1n) is 9.80. The van der Waals surface area contributed by atoms with Gasteiger partial charge >= 0.3 is 12.1 Å². The van der Waals surface area contributed by atoms with Gasteiger partial charge in [-0.15, -0.1) is 0 Å². The Hall–Kier alpha value is -3.39. The summed E-state index contributed by atoms with van der Waals surface area (Å²) in [6, 6.07) is 15.6. The lowest BCUT2D eigenvalue weighted by Crippen LogP contribution is -2.39. The van der Waals surface area contributed by atoms with Gasteiger partial charge in [0.25, 0.3) is 12.6 Å². The maximum Gasteiger partial charge on any atom is 0.508 e. The van der Waals surface area contributed by atoms with Gasteiger partial charge in [-0.3, -0.25) is 9.53 Å². The Bertz CT molecular complexity index is 948. The summed E-state index contributed by atoms with van der Waals surface area (Å²) in [5.41, 5.74) is 1.94. The summed E-state index contributed by atoms with van der Waals surface area (Å²) in [5, 5.41) is 10.4. The van der Waals surface area contributed by atoms with Crippen LogP contribution >= 0.6 is 0 Å². The minimum absolute atomic E-state index is 0.0964. The monoisotopic (exact) mass is 411 g/mol. The van der Waals surface area contributed by atoms with Gasteiger partial charge in [0, 0.05) is 17.7 Å². The summed E-state index contributed by atoms with van der Waals surface area (Å²) in [4.78, 5) is 37.7. The van der Waals surface area contributed by atoms with E-state index in [1.807, 2.05) is 30.3 Å². The molecule has 0 aromatic heterocycles. The summed E-state index contributed by atoms with van der Waals surface area (Å²) in [6.45, 7) is 0.308. The molecule has 4 rings (SSSR count).